The average molecular weight is 807 g/mol. The number of nitrogens with zero attached hydrogens (tertiary/aromatic N) is 1. The highest BCUT2D eigenvalue weighted by Gasteiger charge is 2.31. The molecule has 57 heavy (non-hydrogen) atoms. The van der Waals surface area contributed by atoms with E-state index >= 15 is 0 Å². The molecule has 0 bridgehead atoms. The molecule has 0 aromatic rings. The van der Waals surface area contributed by atoms with Gasteiger partial charge in [-0.3, -0.25) is 9.59 Å². The van der Waals surface area contributed by atoms with Crippen molar-refractivity contribution in [2.45, 2.75) is 231 Å². The zero-order valence-corrected chi connectivity index (χ0v) is 38.1. The number of ether oxygens (including phenoxy) is 3. The number of carboxylic acid groups (broad SMARTS) is 1. The SMILES string of the molecule is CCCCCC/C=C/CCCCCCCCCC(=O)OCC(COCCC(C(=O)O)[N+](C)(C)C)OC(=O)CCCCCCC/C=C/CCCCCCCCCCC. The molecule has 0 aliphatic carbocycles. The summed E-state index contributed by atoms with van der Waals surface area (Å²) in [7, 11) is 5.53. The lowest BCUT2D eigenvalue weighted by Crippen LogP contribution is -2.50. The van der Waals surface area contributed by atoms with Crippen LogP contribution in [0.5, 0.6) is 0 Å². The van der Waals surface area contributed by atoms with E-state index in [4.69, 9.17) is 14.2 Å². The minimum Gasteiger partial charge on any atom is -0.477 e. The fraction of sp³-hybridized carbons (Fsp3) is 0.857. The number of likely N-dealkylation sites (N-methyl/N-ethyl adjacent to an activating group) is 1. The second kappa shape index (κ2) is 40.6. The minimum atomic E-state index is -0.875. The maximum absolute atomic E-state index is 12.7. The van der Waals surface area contributed by atoms with Crippen LogP contribution in [0, 0.1) is 0 Å². The summed E-state index contributed by atoms with van der Waals surface area (Å²) in [6.07, 6.45) is 45.0. The molecule has 0 radical (unpaired) electrons. The first-order chi connectivity index (χ1) is 27.6. The number of unbranched alkanes of at least 4 members (excludes halogenated alkanes) is 25. The van der Waals surface area contributed by atoms with E-state index in [1.165, 1.54) is 135 Å². The fourth-order valence-corrected chi connectivity index (χ4v) is 7.08. The quantitative estimate of drug-likeness (QED) is 0.0283. The van der Waals surface area contributed by atoms with Gasteiger partial charge in [-0.05, 0) is 64.2 Å². The van der Waals surface area contributed by atoms with Crippen LogP contribution in [-0.2, 0) is 28.6 Å². The number of carboxylic acids is 1. The molecule has 0 fully saturated rings. The molecule has 0 aliphatic rings. The lowest BCUT2D eigenvalue weighted by Gasteiger charge is -2.31. The molecule has 334 valence electrons. The first-order valence-corrected chi connectivity index (χ1v) is 23.9. The molecule has 0 rings (SSSR count). The maximum atomic E-state index is 12.7. The van der Waals surface area contributed by atoms with Crippen molar-refractivity contribution in [3.05, 3.63) is 24.3 Å². The van der Waals surface area contributed by atoms with Crippen LogP contribution in [0.25, 0.3) is 0 Å². The van der Waals surface area contributed by atoms with Crippen LogP contribution in [0.3, 0.4) is 0 Å². The van der Waals surface area contributed by atoms with E-state index in [2.05, 4.69) is 38.2 Å². The van der Waals surface area contributed by atoms with E-state index in [1.807, 2.05) is 21.1 Å². The van der Waals surface area contributed by atoms with Crippen molar-refractivity contribution in [3.63, 3.8) is 0 Å². The van der Waals surface area contributed by atoms with E-state index in [9.17, 15) is 19.5 Å². The van der Waals surface area contributed by atoms with Crippen molar-refractivity contribution < 1.29 is 38.2 Å². The highest BCUT2D eigenvalue weighted by molar-refractivity contribution is 5.72. The van der Waals surface area contributed by atoms with Crippen molar-refractivity contribution >= 4 is 17.9 Å². The number of carbonyl (C=O) groups is 3. The van der Waals surface area contributed by atoms with Gasteiger partial charge in [-0.25, -0.2) is 4.79 Å². The summed E-state index contributed by atoms with van der Waals surface area (Å²) in [6, 6.07) is -0.614. The summed E-state index contributed by atoms with van der Waals surface area (Å²) in [5.74, 6) is -1.47. The fourth-order valence-electron chi connectivity index (χ4n) is 7.08. The molecule has 8 heteroatoms. The summed E-state index contributed by atoms with van der Waals surface area (Å²) >= 11 is 0. The van der Waals surface area contributed by atoms with E-state index in [-0.39, 0.29) is 36.2 Å². The predicted octanol–water partition coefficient (Wildman–Crippen LogP) is 13.3. The summed E-state index contributed by atoms with van der Waals surface area (Å²) < 4.78 is 17.3. The second-order valence-electron chi connectivity index (χ2n) is 17.4. The third kappa shape index (κ3) is 39.1. The van der Waals surface area contributed by atoms with Gasteiger partial charge in [-0.1, -0.05) is 160 Å². The molecule has 0 spiro atoms. The molecule has 0 aromatic carbocycles. The zero-order valence-electron chi connectivity index (χ0n) is 38.1. The van der Waals surface area contributed by atoms with E-state index in [1.54, 1.807) is 0 Å². The van der Waals surface area contributed by atoms with Crippen molar-refractivity contribution in [2.24, 2.45) is 0 Å². The Morgan fingerprint density at radius 3 is 1.28 bits per heavy atom. The minimum absolute atomic E-state index is 0.0535. The Hall–Kier alpha value is -2.19. The maximum Gasteiger partial charge on any atom is 0.362 e. The standard InChI is InChI=1S/C49H91NO7/c1-6-8-10-12-14-16-18-20-22-23-24-26-28-30-32-34-36-38-40-48(52)57-45(43-55-42-41-46(49(53)54)50(3,4)5)44-56-47(51)39-37-35-33-31-29-27-25-21-19-17-15-13-11-9-7-2/h17,19,24,26,45-46H,6-16,18,20-23,25,27-44H2,1-5H3/p+1/b19-17+,26-24+. The van der Waals surface area contributed by atoms with E-state index in [0.29, 0.717) is 19.3 Å². The van der Waals surface area contributed by atoms with Crippen LogP contribution in [0.4, 0.5) is 0 Å². The first-order valence-electron chi connectivity index (χ1n) is 23.9. The lowest BCUT2D eigenvalue weighted by atomic mass is 10.1. The zero-order chi connectivity index (χ0) is 42.1. The summed E-state index contributed by atoms with van der Waals surface area (Å²) in [4.78, 5) is 37.0. The van der Waals surface area contributed by atoms with E-state index in [0.717, 1.165) is 51.4 Å². The smallest absolute Gasteiger partial charge is 0.362 e. The number of rotatable bonds is 43. The third-order valence-electron chi connectivity index (χ3n) is 10.8. The number of esters is 2. The molecule has 0 saturated carbocycles. The average Bonchev–Trinajstić information content (AvgIpc) is 3.17. The van der Waals surface area contributed by atoms with Gasteiger partial charge in [0.1, 0.15) is 6.61 Å². The Bertz CT molecular complexity index is 989. The number of aliphatic carboxylic acids is 1. The second-order valence-corrected chi connectivity index (χ2v) is 17.4. The Labute approximate surface area is 351 Å². The van der Waals surface area contributed by atoms with Crippen molar-refractivity contribution in [3.8, 4) is 0 Å². The molecular weight excluding hydrogens is 715 g/mol. The van der Waals surface area contributed by atoms with E-state index < -0.39 is 18.1 Å². The normalized spacial score (nSPS) is 13.1. The number of allylic oxidation sites excluding steroid dienone is 4. The molecule has 0 heterocycles. The molecule has 1 N–H and O–H groups in total. The molecular formula is C49H92NO7+. The van der Waals surface area contributed by atoms with Crippen molar-refractivity contribution in [1.29, 1.82) is 0 Å². The number of hydrogen-bond acceptors (Lipinski definition) is 6. The van der Waals surface area contributed by atoms with Gasteiger partial charge in [0.05, 0.1) is 34.4 Å². The summed E-state index contributed by atoms with van der Waals surface area (Å²) in [5.41, 5.74) is 0. The molecule has 0 aromatic heterocycles. The van der Waals surface area contributed by atoms with Gasteiger partial charge < -0.3 is 23.8 Å². The number of carbonyl (C=O) groups excluding carboxylic acids is 2. The Morgan fingerprint density at radius 2 is 0.877 bits per heavy atom. The van der Waals surface area contributed by atoms with Gasteiger partial charge >= 0.3 is 17.9 Å². The van der Waals surface area contributed by atoms with Crippen molar-refractivity contribution in [2.75, 3.05) is 41.0 Å². The van der Waals surface area contributed by atoms with Gasteiger partial charge in [-0.15, -0.1) is 0 Å². The van der Waals surface area contributed by atoms with Gasteiger partial charge in [0.2, 0.25) is 0 Å². The predicted molar refractivity (Wildman–Crippen MR) is 238 cm³/mol. The van der Waals surface area contributed by atoms with Crippen molar-refractivity contribution in [1.82, 2.24) is 0 Å². The summed E-state index contributed by atoms with van der Waals surface area (Å²) in [5, 5.41) is 9.63. The first kappa shape index (κ1) is 54.8. The monoisotopic (exact) mass is 807 g/mol. The third-order valence-corrected chi connectivity index (χ3v) is 10.8. The Kier molecular flexibility index (Phi) is 39.0. The van der Waals surface area contributed by atoms with Gasteiger partial charge in [0, 0.05) is 19.3 Å². The molecule has 0 aliphatic heterocycles. The van der Waals surface area contributed by atoms with Gasteiger partial charge in [0.25, 0.3) is 0 Å². The van der Waals surface area contributed by atoms with Crippen LogP contribution in [0.1, 0.15) is 219 Å². The topological polar surface area (TPSA) is 99.1 Å². The lowest BCUT2D eigenvalue weighted by molar-refractivity contribution is -0.887. The van der Waals surface area contributed by atoms with Crippen LogP contribution in [-0.4, -0.2) is 80.6 Å². The molecule has 0 amide bonds. The van der Waals surface area contributed by atoms with Crippen LogP contribution in [0.15, 0.2) is 24.3 Å². The number of hydrogen-bond donors (Lipinski definition) is 1. The van der Waals surface area contributed by atoms with Crippen LogP contribution < -0.4 is 0 Å². The van der Waals surface area contributed by atoms with Crippen LogP contribution in [0.2, 0.25) is 0 Å². The summed E-state index contributed by atoms with van der Waals surface area (Å²) in [6.45, 7) is 4.73. The molecule has 2 unspecified atom stereocenters. The highest BCUT2D eigenvalue weighted by Crippen LogP contribution is 2.15. The highest BCUT2D eigenvalue weighted by atomic mass is 16.6. The number of quaternary nitrogens is 1. The molecule has 0 saturated heterocycles. The van der Waals surface area contributed by atoms with Gasteiger partial charge in [0.15, 0.2) is 12.1 Å². The Balaban J connectivity index is 4.30. The largest absolute Gasteiger partial charge is 0.477 e. The Morgan fingerprint density at radius 1 is 0.509 bits per heavy atom. The van der Waals surface area contributed by atoms with Gasteiger partial charge in [-0.2, -0.15) is 0 Å². The molecule has 2 atom stereocenters. The van der Waals surface area contributed by atoms with Crippen LogP contribution >= 0.6 is 0 Å². The molecule has 8 nitrogen and oxygen atoms in total.